The summed E-state index contributed by atoms with van der Waals surface area (Å²) in [5.74, 6) is 0. The van der Waals surface area contributed by atoms with Crippen LogP contribution in [0.3, 0.4) is 0 Å². The second-order valence-corrected chi connectivity index (χ2v) is 5.57. The minimum atomic E-state index is -0.481. The zero-order chi connectivity index (χ0) is 13.8. The van der Waals surface area contributed by atoms with E-state index in [-0.39, 0.29) is 0 Å². The van der Waals surface area contributed by atoms with Gasteiger partial charge in [0.2, 0.25) is 0 Å². The first-order valence-corrected chi connectivity index (χ1v) is 6.00. The molecule has 0 heterocycles. The van der Waals surface area contributed by atoms with Gasteiger partial charge in [0.1, 0.15) is 5.60 Å². The Kier molecular flexibility index (Phi) is 4.73. The number of carbonyl (C=O) groups excluding carboxylic acids is 1. The summed E-state index contributed by atoms with van der Waals surface area (Å²) in [5.41, 5.74) is 1.42. The van der Waals surface area contributed by atoms with Crippen LogP contribution >= 0.6 is 0 Å². The Hall–Kier alpha value is -1.55. The van der Waals surface area contributed by atoms with E-state index in [1.54, 1.807) is 0 Å². The maximum Gasteiger partial charge on any atom is 0.412 e. The molecule has 0 saturated heterocycles. The van der Waals surface area contributed by atoms with Crippen molar-refractivity contribution in [2.24, 2.45) is 0 Å². The molecule has 0 aliphatic rings. The van der Waals surface area contributed by atoms with Crippen LogP contribution in [0.2, 0.25) is 0 Å². The first kappa shape index (κ1) is 14.5. The number of nitrogens with zero attached hydrogens (tertiary/aromatic N) is 1. The smallest absolute Gasteiger partial charge is 0.412 e. The highest BCUT2D eigenvalue weighted by molar-refractivity contribution is 5.84. The van der Waals surface area contributed by atoms with Gasteiger partial charge in [-0.1, -0.05) is 12.1 Å². The van der Waals surface area contributed by atoms with Crippen molar-refractivity contribution in [3.8, 4) is 0 Å². The third-order valence-corrected chi connectivity index (χ3v) is 2.07. The van der Waals surface area contributed by atoms with Gasteiger partial charge in [-0.05, 0) is 52.6 Å². The lowest BCUT2D eigenvalue weighted by atomic mass is 10.2. The molecule has 0 aliphatic carbocycles. The van der Waals surface area contributed by atoms with Gasteiger partial charge in [0.15, 0.2) is 0 Å². The summed E-state index contributed by atoms with van der Waals surface area (Å²) >= 11 is 0. The molecule has 1 N–H and O–H groups in total. The second-order valence-electron chi connectivity index (χ2n) is 5.57. The van der Waals surface area contributed by atoms with Crippen molar-refractivity contribution in [1.29, 1.82) is 0 Å². The van der Waals surface area contributed by atoms with Crippen LogP contribution in [-0.4, -0.2) is 30.7 Å². The van der Waals surface area contributed by atoms with Crippen LogP contribution < -0.4 is 5.32 Å². The molecule has 1 amide bonds. The summed E-state index contributed by atoms with van der Waals surface area (Å²) in [6, 6.07) is 7.75. The zero-order valence-corrected chi connectivity index (χ0v) is 11.8. The summed E-state index contributed by atoms with van der Waals surface area (Å²) in [7, 11) is 4.02. The minimum Gasteiger partial charge on any atom is -0.444 e. The third kappa shape index (κ3) is 5.68. The molecule has 0 atom stereocenters. The molecule has 18 heavy (non-hydrogen) atoms. The summed E-state index contributed by atoms with van der Waals surface area (Å²) in [6.07, 6.45) is -0.426. The van der Waals surface area contributed by atoms with Crippen LogP contribution in [0.25, 0.3) is 0 Å². The van der Waals surface area contributed by atoms with Crippen LogP contribution in [0.1, 0.15) is 26.3 Å². The molecule has 1 aromatic carbocycles. The van der Waals surface area contributed by atoms with Gasteiger partial charge in [0.25, 0.3) is 0 Å². The average Bonchev–Trinajstić information content (AvgIpc) is 2.13. The quantitative estimate of drug-likeness (QED) is 0.896. The van der Waals surface area contributed by atoms with E-state index < -0.39 is 11.7 Å². The van der Waals surface area contributed by atoms with Crippen molar-refractivity contribution in [2.45, 2.75) is 32.9 Å². The minimum absolute atomic E-state index is 0.426. The van der Waals surface area contributed by atoms with Gasteiger partial charge in [-0.2, -0.15) is 0 Å². The Morgan fingerprint density at radius 2 is 2.00 bits per heavy atom. The maximum absolute atomic E-state index is 11.6. The van der Waals surface area contributed by atoms with Crippen LogP contribution in [0.15, 0.2) is 24.3 Å². The van der Waals surface area contributed by atoms with Gasteiger partial charge in [-0.25, -0.2) is 4.79 Å². The number of anilines is 1. The molecule has 0 aromatic heterocycles. The molecule has 100 valence electrons. The van der Waals surface area contributed by atoms with Crippen LogP contribution in [0.5, 0.6) is 0 Å². The number of hydrogen-bond acceptors (Lipinski definition) is 3. The van der Waals surface area contributed by atoms with Gasteiger partial charge in [0.05, 0.1) is 0 Å². The monoisotopic (exact) mass is 250 g/mol. The molecule has 1 rings (SSSR count). The van der Waals surface area contributed by atoms with Crippen LogP contribution in [0.4, 0.5) is 10.5 Å². The van der Waals surface area contributed by atoms with Crippen molar-refractivity contribution in [1.82, 2.24) is 4.90 Å². The number of hydrogen-bond donors (Lipinski definition) is 1. The van der Waals surface area contributed by atoms with Crippen LogP contribution in [-0.2, 0) is 11.3 Å². The van der Waals surface area contributed by atoms with E-state index in [1.165, 1.54) is 0 Å². The molecule has 4 heteroatoms. The third-order valence-electron chi connectivity index (χ3n) is 2.07. The molecule has 0 aliphatic heterocycles. The van der Waals surface area contributed by atoms with Gasteiger partial charge in [-0.15, -0.1) is 0 Å². The Morgan fingerprint density at radius 1 is 1.33 bits per heavy atom. The number of ether oxygens (including phenoxy) is 1. The van der Waals surface area contributed by atoms with E-state index in [1.807, 2.05) is 59.1 Å². The Morgan fingerprint density at radius 3 is 2.56 bits per heavy atom. The van der Waals surface area contributed by atoms with Crippen molar-refractivity contribution in [3.05, 3.63) is 29.8 Å². The summed E-state index contributed by atoms with van der Waals surface area (Å²) in [5, 5.41) is 2.73. The standard InChI is InChI=1S/C14H22N2O2/c1-14(2,3)18-13(17)15-12-8-6-7-11(9-12)10-16(4)5/h6-9H,10H2,1-5H3,(H,15,17). The van der Waals surface area contributed by atoms with E-state index >= 15 is 0 Å². The van der Waals surface area contributed by atoms with E-state index in [4.69, 9.17) is 4.74 Å². The second kappa shape index (κ2) is 5.87. The normalized spacial score (nSPS) is 11.4. The summed E-state index contributed by atoms with van der Waals surface area (Å²) < 4.78 is 5.20. The average molecular weight is 250 g/mol. The molecule has 0 spiro atoms. The lowest BCUT2D eigenvalue weighted by molar-refractivity contribution is 0.0636. The Labute approximate surface area is 109 Å². The molecule has 1 aromatic rings. The first-order chi connectivity index (χ1) is 8.26. The summed E-state index contributed by atoms with van der Waals surface area (Å²) in [4.78, 5) is 13.7. The first-order valence-electron chi connectivity index (χ1n) is 6.00. The molecule has 0 unspecified atom stereocenters. The van der Waals surface area contributed by atoms with Crippen molar-refractivity contribution >= 4 is 11.8 Å². The highest BCUT2D eigenvalue weighted by Gasteiger charge is 2.16. The van der Waals surface area contributed by atoms with Gasteiger partial charge < -0.3 is 9.64 Å². The lowest BCUT2D eigenvalue weighted by Gasteiger charge is -2.20. The van der Waals surface area contributed by atoms with Gasteiger partial charge in [0, 0.05) is 12.2 Å². The number of rotatable bonds is 3. The molecule has 0 fully saturated rings. The molecule has 4 nitrogen and oxygen atoms in total. The fraction of sp³-hybridized carbons (Fsp3) is 0.500. The Bertz CT molecular complexity index is 409. The van der Waals surface area contributed by atoms with E-state index in [0.29, 0.717) is 0 Å². The van der Waals surface area contributed by atoms with E-state index in [2.05, 4.69) is 10.2 Å². The largest absolute Gasteiger partial charge is 0.444 e. The topological polar surface area (TPSA) is 41.6 Å². The predicted molar refractivity (Wildman–Crippen MR) is 73.7 cm³/mol. The Balaban J connectivity index is 2.65. The molecule has 0 saturated carbocycles. The van der Waals surface area contributed by atoms with E-state index in [0.717, 1.165) is 17.8 Å². The van der Waals surface area contributed by atoms with Crippen LogP contribution in [0, 0.1) is 0 Å². The number of nitrogens with one attached hydrogen (secondary N) is 1. The van der Waals surface area contributed by atoms with Gasteiger partial charge >= 0.3 is 6.09 Å². The van der Waals surface area contributed by atoms with Crippen molar-refractivity contribution in [3.63, 3.8) is 0 Å². The highest BCUT2D eigenvalue weighted by Crippen LogP contribution is 2.14. The summed E-state index contributed by atoms with van der Waals surface area (Å²) in [6.45, 7) is 6.36. The maximum atomic E-state index is 11.6. The molecule has 0 bridgehead atoms. The van der Waals surface area contributed by atoms with Gasteiger partial charge in [-0.3, -0.25) is 5.32 Å². The predicted octanol–water partition coefficient (Wildman–Crippen LogP) is 3.10. The number of benzene rings is 1. The van der Waals surface area contributed by atoms with E-state index in [9.17, 15) is 4.79 Å². The fourth-order valence-corrected chi connectivity index (χ4v) is 1.53. The number of amides is 1. The van der Waals surface area contributed by atoms with Crippen molar-refractivity contribution in [2.75, 3.05) is 19.4 Å². The zero-order valence-electron chi connectivity index (χ0n) is 11.8. The van der Waals surface area contributed by atoms with Crippen molar-refractivity contribution < 1.29 is 9.53 Å². The molecule has 0 radical (unpaired) electrons. The molecular weight excluding hydrogens is 228 g/mol. The molecular formula is C14H22N2O2. The number of carbonyl (C=O) groups is 1. The fourth-order valence-electron chi connectivity index (χ4n) is 1.53. The SMILES string of the molecule is CN(C)Cc1cccc(NC(=O)OC(C)(C)C)c1. The lowest BCUT2D eigenvalue weighted by Crippen LogP contribution is -2.27. The highest BCUT2D eigenvalue weighted by atomic mass is 16.6.